The zero-order valence-corrected chi connectivity index (χ0v) is 13.4. The molecule has 1 atom stereocenters. The minimum atomic E-state index is 0.0245. The SMILES string of the molecule is CCN(C(C)=O)c1nc(CN[C@@H](C)c2ccncc2)cs1. The van der Waals surface area contributed by atoms with E-state index in [0.717, 1.165) is 10.8 Å². The highest BCUT2D eigenvalue weighted by molar-refractivity contribution is 7.14. The Morgan fingerprint density at radius 3 is 2.76 bits per heavy atom. The molecular weight excluding hydrogens is 284 g/mol. The molecule has 0 bridgehead atoms. The summed E-state index contributed by atoms with van der Waals surface area (Å²) in [6.45, 7) is 6.94. The lowest BCUT2D eigenvalue weighted by Crippen LogP contribution is -2.27. The van der Waals surface area contributed by atoms with Crippen LogP contribution < -0.4 is 10.2 Å². The van der Waals surface area contributed by atoms with Crippen molar-refractivity contribution in [2.45, 2.75) is 33.4 Å². The van der Waals surface area contributed by atoms with E-state index in [9.17, 15) is 4.79 Å². The van der Waals surface area contributed by atoms with Gasteiger partial charge in [0.05, 0.1) is 5.69 Å². The molecule has 0 spiro atoms. The van der Waals surface area contributed by atoms with Crippen molar-refractivity contribution in [3.8, 4) is 0 Å². The molecule has 0 saturated heterocycles. The molecule has 2 aromatic heterocycles. The molecular formula is C15H20N4OS. The van der Waals surface area contributed by atoms with Gasteiger partial charge in [-0.3, -0.25) is 14.7 Å². The van der Waals surface area contributed by atoms with Crippen LogP contribution in [-0.2, 0) is 11.3 Å². The number of carbonyl (C=O) groups is 1. The molecule has 0 radical (unpaired) electrons. The first-order valence-electron chi connectivity index (χ1n) is 6.97. The maximum absolute atomic E-state index is 11.5. The quantitative estimate of drug-likeness (QED) is 0.891. The number of anilines is 1. The standard InChI is InChI=1S/C15H20N4OS/c1-4-19(12(3)20)15-18-14(10-21-15)9-17-11(2)13-5-7-16-8-6-13/h5-8,10-11,17H,4,9H2,1-3H3/t11-/m0/s1. The van der Waals surface area contributed by atoms with Gasteiger partial charge in [0.15, 0.2) is 5.13 Å². The van der Waals surface area contributed by atoms with Crippen molar-refractivity contribution in [3.05, 3.63) is 41.2 Å². The van der Waals surface area contributed by atoms with Crippen molar-refractivity contribution in [1.82, 2.24) is 15.3 Å². The van der Waals surface area contributed by atoms with Crippen molar-refractivity contribution >= 4 is 22.4 Å². The Bertz CT molecular complexity index is 584. The average Bonchev–Trinajstić information content (AvgIpc) is 2.94. The van der Waals surface area contributed by atoms with Crippen molar-refractivity contribution < 1.29 is 4.79 Å². The Morgan fingerprint density at radius 1 is 1.43 bits per heavy atom. The van der Waals surface area contributed by atoms with Crippen LogP contribution in [0, 0.1) is 0 Å². The van der Waals surface area contributed by atoms with Crippen LogP contribution in [0.5, 0.6) is 0 Å². The third kappa shape index (κ3) is 4.09. The fraction of sp³-hybridized carbons (Fsp3) is 0.400. The molecule has 6 heteroatoms. The van der Waals surface area contributed by atoms with Crippen LogP contribution in [0.25, 0.3) is 0 Å². The van der Waals surface area contributed by atoms with Gasteiger partial charge in [0.25, 0.3) is 0 Å². The first kappa shape index (κ1) is 15.6. The molecule has 0 fully saturated rings. The van der Waals surface area contributed by atoms with Gasteiger partial charge in [-0.05, 0) is 31.5 Å². The number of rotatable bonds is 6. The molecule has 0 aliphatic carbocycles. The molecule has 112 valence electrons. The lowest BCUT2D eigenvalue weighted by atomic mass is 10.1. The van der Waals surface area contributed by atoms with E-state index in [1.165, 1.54) is 16.9 Å². The molecule has 2 aromatic rings. The van der Waals surface area contributed by atoms with Gasteiger partial charge in [-0.2, -0.15) is 0 Å². The zero-order valence-electron chi connectivity index (χ0n) is 12.5. The van der Waals surface area contributed by atoms with Crippen molar-refractivity contribution in [3.63, 3.8) is 0 Å². The van der Waals surface area contributed by atoms with Crippen LogP contribution >= 0.6 is 11.3 Å². The molecule has 2 heterocycles. The van der Waals surface area contributed by atoms with Crippen LogP contribution in [-0.4, -0.2) is 22.4 Å². The van der Waals surface area contributed by atoms with Crippen LogP contribution in [0.2, 0.25) is 0 Å². The molecule has 0 aliphatic heterocycles. The molecule has 2 rings (SSSR count). The number of carbonyl (C=O) groups excluding carboxylic acids is 1. The van der Waals surface area contributed by atoms with Gasteiger partial charge in [0, 0.05) is 43.8 Å². The molecule has 1 amide bonds. The summed E-state index contributed by atoms with van der Waals surface area (Å²) in [4.78, 5) is 21.7. The van der Waals surface area contributed by atoms with Crippen molar-refractivity contribution in [1.29, 1.82) is 0 Å². The van der Waals surface area contributed by atoms with Gasteiger partial charge in [0.2, 0.25) is 5.91 Å². The van der Waals surface area contributed by atoms with Gasteiger partial charge in [-0.1, -0.05) is 0 Å². The average molecular weight is 304 g/mol. The Labute approximate surface area is 129 Å². The highest BCUT2D eigenvalue weighted by Crippen LogP contribution is 2.21. The summed E-state index contributed by atoms with van der Waals surface area (Å²) < 4.78 is 0. The molecule has 0 aromatic carbocycles. The first-order valence-corrected chi connectivity index (χ1v) is 7.85. The maximum atomic E-state index is 11.5. The normalized spacial score (nSPS) is 12.1. The molecule has 0 aliphatic rings. The fourth-order valence-corrected chi connectivity index (χ4v) is 2.95. The van der Waals surface area contributed by atoms with E-state index in [0.29, 0.717) is 13.1 Å². The van der Waals surface area contributed by atoms with E-state index >= 15 is 0 Å². The first-order chi connectivity index (χ1) is 10.1. The predicted molar refractivity (Wildman–Crippen MR) is 85.3 cm³/mol. The predicted octanol–water partition coefficient (Wildman–Crippen LogP) is 2.76. The highest BCUT2D eigenvalue weighted by atomic mass is 32.1. The molecule has 1 N–H and O–H groups in total. The minimum absolute atomic E-state index is 0.0245. The largest absolute Gasteiger partial charge is 0.305 e. The zero-order chi connectivity index (χ0) is 15.2. The fourth-order valence-electron chi connectivity index (χ4n) is 2.02. The number of nitrogens with zero attached hydrogens (tertiary/aromatic N) is 3. The van der Waals surface area contributed by atoms with E-state index in [1.807, 2.05) is 24.4 Å². The van der Waals surface area contributed by atoms with E-state index in [4.69, 9.17) is 0 Å². The monoisotopic (exact) mass is 304 g/mol. The Morgan fingerprint density at radius 2 is 2.14 bits per heavy atom. The number of hydrogen-bond acceptors (Lipinski definition) is 5. The number of thiazole rings is 1. The number of nitrogens with one attached hydrogen (secondary N) is 1. The summed E-state index contributed by atoms with van der Waals surface area (Å²) >= 11 is 1.50. The van der Waals surface area contributed by atoms with Crippen LogP contribution in [0.1, 0.15) is 38.1 Å². The topological polar surface area (TPSA) is 58.1 Å². The van der Waals surface area contributed by atoms with Gasteiger partial charge < -0.3 is 5.32 Å². The molecule has 21 heavy (non-hydrogen) atoms. The summed E-state index contributed by atoms with van der Waals surface area (Å²) in [5.41, 5.74) is 2.15. The lowest BCUT2D eigenvalue weighted by molar-refractivity contribution is -0.116. The Balaban J connectivity index is 1.95. The van der Waals surface area contributed by atoms with Gasteiger partial charge in [0.1, 0.15) is 0 Å². The summed E-state index contributed by atoms with van der Waals surface area (Å²) in [7, 11) is 0. The van der Waals surface area contributed by atoms with Crippen molar-refractivity contribution in [2.24, 2.45) is 0 Å². The second-order valence-corrected chi connectivity index (χ2v) is 5.60. The van der Waals surface area contributed by atoms with Crippen LogP contribution in [0.15, 0.2) is 29.9 Å². The maximum Gasteiger partial charge on any atom is 0.225 e. The molecule has 5 nitrogen and oxygen atoms in total. The molecule has 0 saturated carbocycles. The Kier molecular flexibility index (Phi) is 5.41. The number of aromatic nitrogens is 2. The van der Waals surface area contributed by atoms with E-state index in [2.05, 4.69) is 22.2 Å². The van der Waals surface area contributed by atoms with Crippen molar-refractivity contribution in [2.75, 3.05) is 11.4 Å². The number of amides is 1. The molecule has 0 unspecified atom stereocenters. The third-order valence-corrected chi connectivity index (χ3v) is 4.17. The summed E-state index contributed by atoms with van der Waals surface area (Å²) in [5.74, 6) is 0.0245. The van der Waals surface area contributed by atoms with E-state index in [1.54, 1.807) is 24.2 Å². The third-order valence-electron chi connectivity index (χ3n) is 3.26. The van der Waals surface area contributed by atoms with Gasteiger partial charge in [-0.25, -0.2) is 4.98 Å². The van der Waals surface area contributed by atoms with Gasteiger partial charge in [-0.15, -0.1) is 11.3 Å². The lowest BCUT2D eigenvalue weighted by Gasteiger charge is -2.15. The van der Waals surface area contributed by atoms with Crippen LogP contribution in [0.3, 0.4) is 0 Å². The highest BCUT2D eigenvalue weighted by Gasteiger charge is 2.13. The van der Waals surface area contributed by atoms with E-state index in [-0.39, 0.29) is 11.9 Å². The van der Waals surface area contributed by atoms with Crippen LogP contribution in [0.4, 0.5) is 5.13 Å². The smallest absolute Gasteiger partial charge is 0.225 e. The summed E-state index contributed by atoms with van der Waals surface area (Å²) in [6, 6.07) is 4.23. The number of hydrogen-bond donors (Lipinski definition) is 1. The summed E-state index contributed by atoms with van der Waals surface area (Å²) in [6.07, 6.45) is 3.58. The minimum Gasteiger partial charge on any atom is -0.305 e. The second kappa shape index (κ2) is 7.28. The van der Waals surface area contributed by atoms with E-state index < -0.39 is 0 Å². The Hall–Kier alpha value is -1.79. The summed E-state index contributed by atoms with van der Waals surface area (Å²) in [5, 5.41) is 6.18. The number of pyridine rings is 1. The second-order valence-electron chi connectivity index (χ2n) is 4.77. The van der Waals surface area contributed by atoms with Gasteiger partial charge >= 0.3 is 0 Å².